The summed E-state index contributed by atoms with van der Waals surface area (Å²) < 4.78 is 5.37. The number of carbonyl (C=O) groups is 1. The normalized spacial score (nSPS) is 11.0. The highest BCUT2D eigenvalue weighted by molar-refractivity contribution is 6.07. The van der Waals surface area contributed by atoms with Crippen molar-refractivity contribution in [3.05, 3.63) is 65.9 Å². The lowest BCUT2D eigenvalue weighted by Gasteiger charge is -2.09. The summed E-state index contributed by atoms with van der Waals surface area (Å²) in [5.74, 6) is 1.19. The van der Waals surface area contributed by atoms with Gasteiger partial charge < -0.3 is 15.0 Å². The van der Waals surface area contributed by atoms with E-state index in [0.717, 1.165) is 61.0 Å². The molecule has 2 aromatic carbocycles. The minimum absolute atomic E-state index is 0.233. The van der Waals surface area contributed by atoms with E-state index in [1.54, 1.807) is 7.11 Å². The van der Waals surface area contributed by atoms with E-state index in [-0.39, 0.29) is 5.78 Å². The Kier molecular flexibility index (Phi) is 7.05. The highest BCUT2D eigenvalue weighted by Crippen LogP contribution is 2.20. The largest absolute Gasteiger partial charge is 0.496 e. The summed E-state index contributed by atoms with van der Waals surface area (Å²) in [6.07, 6.45) is 6.51. The number of rotatable bonds is 11. The number of nitrogens with one attached hydrogen (secondary N) is 2. The van der Waals surface area contributed by atoms with Crippen molar-refractivity contribution in [2.24, 2.45) is 0 Å². The fraction of sp³-hybridized carbons (Fsp3) is 0.348. The quantitative estimate of drug-likeness (QED) is 0.381. The maximum Gasteiger partial charge on any atom is 0.165 e. The van der Waals surface area contributed by atoms with Gasteiger partial charge in [0.15, 0.2) is 5.78 Å². The molecule has 0 atom stereocenters. The van der Waals surface area contributed by atoms with Gasteiger partial charge in [-0.25, -0.2) is 0 Å². The lowest BCUT2D eigenvalue weighted by atomic mass is 10.0. The molecule has 0 saturated heterocycles. The molecule has 0 spiro atoms. The lowest BCUT2D eigenvalue weighted by Crippen LogP contribution is -2.18. The number of benzene rings is 2. The molecule has 142 valence electrons. The van der Waals surface area contributed by atoms with Crippen LogP contribution >= 0.6 is 0 Å². The number of hydrogen-bond acceptors (Lipinski definition) is 3. The topological polar surface area (TPSA) is 54.1 Å². The number of ketones is 1. The van der Waals surface area contributed by atoms with Gasteiger partial charge in [-0.15, -0.1) is 0 Å². The van der Waals surface area contributed by atoms with Crippen molar-refractivity contribution in [2.45, 2.75) is 32.1 Å². The van der Waals surface area contributed by atoms with E-state index in [4.69, 9.17) is 4.74 Å². The number of fused-ring (bicyclic) bond motifs is 1. The summed E-state index contributed by atoms with van der Waals surface area (Å²) in [5, 5.41) is 4.51. The molecule has 0 saturated carbocycles. The number of Topliss-reactive ketones (excluding diaryl/α,β-unsaturated/α-hetero) is 1. The smallest absolute Gasteiger partial charge is 0.165 e. The highest BCUT2D eigenvalue weighted by Gasteiger charge is 2.11. The molecule has 0 bridgehead atoms. The maximum absolute atomic E-state index is 12.4. The Morgan fingerprint density at radius 1 is 1.00 bits per heavy atom. The van der Waals surface area contributed by atoms with Gasteiger partial charge in [0.25, 0.3) is 0 Å². The van der Waals surface area contributed by atoms with Crippen molar-refractivity contribution in [1.29, 1.82) is 0 Å². The Balaban J connectivity index is 1.30. The van der Waals surface area contributed by atoms with Crippen LogP contribution in [-0.4, -0.2) is 31.0 Å². The molecule has 4 nitrogen and oxygen atoms in total. The summed E-state index contributed by atoms with van der Waals surface area (Å²) in [6.45, 7) is 1.92. The number of unbranched alkanes of at least 4 members (excludes halogenated alkanes) is 2. The van der Waals surface area contributed by atoms with Crippen LogP contribution in [0.2, 0.25) is 0 Å². The van der Waals surface area contributed by atoms with Gasteiger partial charge in [-0.05, 0) is 50.0 Å². The van der Waals surface area contributed by atoms with Crippen LogP contribution in [0.3, 0.4) is 0 Å². The van der Waals surface area contributed by atoms with Crippen LogP contribution in [-0.2, 0) is 6.42 Å². The molecule has 3 aromatic rings. The van der Waals surface area contributed by atoms with E-state index in [2.05, 4.69) is 16.4 Å². The molecule has 0 aliphatic carbocycles. The van der Waals surface area contributed by atoms with Crippen LogP contribution < -0.4 is 10.1 Å². The third-order valence-electron chi connectivity index (χ3n) is 4.91. The number of ether oxygens (including phenoxy) is 1. The summed E-state index contributed by atoms with van der Waals surface area (Å²) in [4.78, 5) is 15.6. The van der Waals surface area contributed by atoms with Crippen molar-refractivity contribution in [3.8, 4) is 5.75 Å². The van der Waals surface area contributed by atoms with E-state index in [9.17, 15) is 4.79 Å². The van der Waals surface area contributed by atoms with Crippen molar-refractivity contribution in [1.82, 2.24) is 10.3 Å². The highest BCUT2D eigenvalue weighted by atomic mass is 16.5. The Morgan fingerprint density at radius 3 is 2.70 bits per heavy atom. The molecule has 0 unspecified atom stereocenters. The number of aromatic nitrogens is 1. The summed E-state index contributed by atoms with van der Waals surface area (Å²) >= 11 is 0. The number of methoxy groups -OCH3 is 1. The SMILES string of the molecule is COc1ccccc1CCNCCCCCC(=O)c1c[nH]c2ccccc12. The van der Waals surface area contributed by atoms with E-state index < -0.39 is 0 Å². The monoisotopic (exact) mass is 364 g/mol. The fourth-order valence-corrected chi connectivity index (χ4v) is 3.41. The number of H-pyrrole nitrogens is 1. The first-order valence-electron chi connectivity index (χ1n) is 9.71. The summed E-state index contributed by atoms with van der Waals surface area (Å²) in [6, 6.07) is 16.1. The van der Waals surface area contributed by atoms with Crippen molar-refractivity contribution in [2.75, 3.05) is 20.2 Å². The summed E-state index contributed by atoms with van der Waals surface area (Å²) in [7, 11) is 1.71. The Bertz CT molecular complexity index is 869. The van der Waals surface area contributed by atoms with E-state index >= 15 is 0 Å². The Hall–Kier alpha value is -2.59. The second-order valence-corrected chi connectivity index (χ2v) is 6.79. The molecular formula is C23H28N2O2. The predicted octanol–water partition coefficient (Wildman–Crippen LogP) is 4.75. The van der Waals surface area contributed by atoms with Gasteiger partial charge in [0, 0.05) is 29.1 Å². The maximum atomic E-state index is 12.4. The van der Waals surface area contributed by atoms with Crippen molar-refractivity contribution < 1.29 is 9.53 Å². The fourth-order valence-electron chi connectivity index (χ4n) is 3.41. The molecule has 3 rings (SSSR count). The number of para-hydroxylation sites is 2. The second kappa shape index (κ2) is 9.93. The van der Waals surface area contributed by atoms with Crippen LogP contribution in [0.5, 0.6) is 5.75 Å². The Morgan fingerprint density at radius 2 is 1.81 bits per heavy atom. The molecule has 0 aliphatic rings. The van der Waals surface area contributed by atoms with E-state index in [1.807, 2.05) is 48.7 Å². The third kappa shape index (κ3) is 5.20. The van der Waals surface area contributed by atoms with Gasteiger partial charge in [0.2, 0.25) is 0 Å². The zero-order valence-electron chi connectivity index (χ0n) is 16.0. The van der Waals surface area contributed by atoms with Crippen LogP contribution in [0.25, 0.3) is 10.9 Å². The van der Waals surface area contributed by atoms with Crippen LogP contribution in [0.1, 0.15) is 41.6 Å². The average molecular weight is 364 g/mol. The number of hydrogen-bond donors (Lipinski definition) is 2. The molecule has 4 heteroatoms. The van der Waals surface area contributed by atoms with Gasteiger partial charge in [0.05, 0.1) is 7.11 Å². The van der Waals surface area contributed by atoms with Crippen molar-refractivity contribution >= 4 is 16.7 Å². The van der Waals surface area contributed by atoms with Gasteiger partial charge in [-0.3, -0.25) is 4.79 Å². The minimum atomic E-state index is 0.233. The predicted molar refractivity (Wildman–Crippen MR) is 111 cm³/mol. The van der Waals surface area contributed by atoms with Gasteiger partial charge in [-0.1, -0.05) is 42.8 Å². The first-order valence-corrected chi connectivity index (χ1v) is 9.71. The molecule has 0 amide bonds. The third-order valence-corrected chi connectivity index (χ3v) is 4.91. The zero-order chi connectivity index (χ0) is 18.9. The van der Waals surface area contributed by atoms with Gasteiger partial charge in [0.1, 0.15) is 5.75 Å². The van der Waals surface area contributed by atoms with Crippen LogP contribution in [0, 0.1) is 0 Å². The Labute approximate surface area is 160 Å². The van der Waals surface area contributed by atoms with Gasteiger partial charge in [-0.2, -0.15) is 0 Å². The molecule has 0 aliphatic heterocycles. The van der Waals surface area contributed by atoms with E-state index in [0.29, 0.717) is 6.42 Å². The van der Waals surface area contributed by atoms with Gasteiger partial charge >= 0.3 is 0 Å². The first-order chi connectivity index (χ1) is 13.3. The van der Waals surface area contributed by atoms with E-state index in [1.165, 1.54) is 5.56 Å². The molecular weight excluding hydrogens is 336 g/mol. The number of aromatic amines is 1. The minimum Gasteiger partial charge on any atom is -0.496 e. The summed E-state index contributed by atoms with van der Waals surface area (Å²) in [5.41, 5.74) is 3.08. The molecule has 27 heavy (non-hydrogen) atoms. The molecule has 0 radical (unpaired) electrons. The second-order valence-electron chi connectivity index (χ2n) is 6.79. The lowest BCUT2D eigenvalue weighted by molar-refractivity contribution is 0.0981. The zero-order valence-corrected chi connectivity index (χ0v) is 16.0. The molecule has 1 aromatic heterocycles. The van der Waals surface area contributed by atoms with Crippen molar-refractivity contribution in [3.63, 3.8) is 0 Å². The number of carbonyl (C=O) groups excluding carboxylic acids is 1. The molecule has 1 heterocycles. The average Bonchev–Trinajstić information content (AvgIpc) is 3.14. The standard InChI is InChI=1S/C23H28N2O2/c1-27-23-13-7-4-9-18(23)14-16-24-15-8-2-3-12-22(26)20-17-25-21-11-6-5-10-19(20)21/h4-7,9-11,13,17,24-25H,2-3,8,12,14-16H2,1H3. The molecule has 0 fully saturated rings. The first kappa shape index (κ1) is 19.2. The van der Waals surface area contributed by atoms with Crippen LogP contribution in [0.4, 0.5) is 0 Å². The van der Waals surface area contributed by atoms with Crippen LogP contribution in [0.15, 0.2) is 54.7 Å². The molecule has 2 N–H and O–H groups in total.